The molecule has 1 aromatic carbocycles. The molecule has 0 aliphatic carbocycles. The predicted molar refractivity (Wildman–Crippen MR) is 87.0 cm³/mol. The van der Waals surface area contributed by atoms with Gasteiger partial charge in [-0.1, -0.05) is 29.3 Å². The van der Waals surface area contributed by atoms with E-state index in [1.807, 2.05) is 13.0 Å². The fourth-order valence-electron chi connectivity index (χ4n) is 1.84. The summed E-state index contributed by atoms with van der Waals surface area (Å²) >= 11 is 3.37. The number of hydrogen-bond donors (Lipinski definition) is 1. The van der Waals surface area contributed by atoms with Gasteiger partial charge in [-0.15, -0.1) is 0 Å². The lowest BCUT2D eigenvalue weighted by atomic mass is 10.0. The fourth-order valence-corrected chi connectivity index (χ4v) is 2.35. The van der Waals surface area contributed by atoms with Gasteiger partial charge >= 0.3 is 6.09 Å². The van der Waals surface area contributed by atoms with Crippen LogP contribution >= 0.6 is 15.9 Å². The summed E-state index contributed by atoms with van der Waals surface area (Å²) in [6.45, 7) is 7.36. The molecule has 6 heteroatoms. The van der Waals surface area contributed by atoms with Crippen LogP contribution in [0.2, 0.25) is 0 Å². The van der Waals surface area contributed by atoms with Gasteiger partial charge in [-0.2, -0.15) is 10.7 Å². The second-order valence-corrected chi connectivity index (χ2v) is 6.80. The van der Waals surface area contributed by atoms with Crippen LogP contribution in [0.25, 0.3) is 0 Å². The van der Waals surface area contributed by atoms with Crippen LogP contribution in [0, 0.1) is 11.3 Å². The number of hydrogen-bond acceptors (Lipinski definition) is 4. The highest BCUT2D eigenvalue weighted by Gasteiger charge is 2.19. The Morgan fingerprint density at radius 2 is 2.09 bits per heavy atom. The maximum absolute atomic E-state index is 11.7. The maximum atomic E-state index is 11.7. The smallest absolute Gasteiger partial charge is 0.431 e. The average Bonchev–Trinajstić information content (AvgIpc) is 2.40. The van der Waals surface area contributed by atoms with Crippen LogP contribution in [0.1, 0.15) is 57.8 Å². The summed E-state index contributed by atoms with van der Waals surface area (Å²) in [5, 5.41) is 9.04. The standard InChI is InChI=1S/C16H21BrN2O3/c1-5-6-14(22-19-15(20)21-16(2,3)4)12-7-11(10-18)8-13(17)9-12/h7-9,14H,5-6H2,1-4H3,(H,19,20). The molecule has 0 saturated carbocycles. The first-order valence-corrected chi connectivity index (χ1v) is 7.89. The van der Waals surface area contributed by atoms with Crippen molar-refractivity contribution < 1.29 is 14.4 Å². The third kappa shape index (κ3) is 6.46. The summed E-state index contributed by atoms with van der Waals surface area (Å²) in [4.78, 5) is 17.1. The van der Waals surface area contributed by atoms with Crippen molar-refractivity contribution in [2.45, 2.75) is 52.2 Å². The number of benzene rings is 1. The number of carbonyl (C=O) groups excluding carboxylic acids is 1. The summed E-state index contributed by atoms with van der Waals surface area (Å²) in [5.74, 6) is 0. The molecule has 0 spiro atoms. The number of nitriles is 1. The third-order valence-corrected chi connectivity index (χ3v) is 3.11. The van der Waals surface area contributed by atoms with Gasteiger partial charge < -0.3 is 4.74 Å². The topological polar surface area (TPSA) is 71.3 Å². The fraction of sp³-hybridized carbons (Fsp3) is 0.500. The zero-order valence-corrected chi connectivity index (χ0v) is 14.9. The summed E-state index contributed by atoms with van der Waals surface area (Å²) in [5.41, 5.74) is 3.09. The Morgan fingerprint density at radius 1 is 1.41 bits per heavy atom. The first kappa shape index (κ1) is 18.5. The van der Waals surface area contributed by atoms with Gasteiger partial charge in [0.15, 0.2) is 0 Å². The molecule has 1 aromatic rings. The molecule has 0 heterocycles. The molecule has 1 rings (SSSR count). The molecule has 22 heavy (non-hydrogen) atoms. The van der Waals surface area contributed by atoms with E-state index in [1.54, 1.807) is 32.9 Å². The summed E-state index contributed by atoms with van der Waals surface area (Å²) < 4.78 is 5.93. The summed E-state index contributed by atoms with van der Waals surface area (Å²) in [6.07, 6.45) is 0.595. The minimum atomic E-state index is -0.635. The van der Waals surface area contributed by atoms with Gasteiger partial charge in [0.2, 0.25) is 0 Å². The first-order valence-electron chi connectivity index (χ1n) is 7.10. The van der Waals surface area contributed by atoms with E-state index in [0.717, 1.165) is 16.5 Å². The molecule has 0 bridgehead atoms. The molecule has 5 nitrogen and oxygen atoms in total. The minimum Gasteiger partial charge on any atom is -0.442 e. The van der Waals surface area contributed by atoms with E-state index in [1.165, 1.54) is 0 Å². The summed E-state index contributed by atoms with van der Waals surface area (Å²) in [6, 6.07) is 7.46. The van der Waals surface area contributed by atoms with Gasteiger partial charge in [0.1, 0.15) is 11.7 Å². The Kier molecular flexibility index (Phi) is 6.85. The van der Waals surface area contributed by atoms with Crippen LogP contribution in [-0.2, 0) is 9.57 Å². The van der Waals surface area contributed by atoms with Gasteiger partial charge in [-0.05, 0) is 51.0 Å². The molecule has 0 aliphatic heterocycles. The van der Waals surface area contributed by atoms with E-state index < -0.39 is 11.7 Å². The van der Waals surface area contributed by atoms with Crippen molar-refractivity contribution in [2.24, 2.45) is 0 Å². The van der Waals surface area contributed by atoms with E-state index in [-0.39, 0.29) is 6.10 Å². The molecule has 0 aliphatic rings. The van der Waals surface area contributed by atoms with Gasteiger partial charge in [0, 0.05) is 4.47 Å². The van der Waals surface area contributed by atoms with Crippen molar-refractivity contribution >= 4 is 22.0 Å². The van der Waals surface area contributed by atoms with Crippen molar-refractivity contribution in [3.63, 3.8) is 0 Å². The van der Waals surface area contributed by atoms with Gasteiger partial charge in [-0.25, -0.2) is 4.79 Å². The second kappa shape index (κ2) is 8.16. The molecule has 120 valence electrons. The lowest BCUT2D eigenvalue weighted by Crippen LogP contribution is -2.33. The monoisotopic (exact) mass is 368 g/mol. The zero-order valence-electron chi connectivity index (χ0n) is 13.3. The second-order valence-electron chi connectivity index (χ2n) is 5.88. The molecular formula is C16H21BrN2O3. The predicted octanol–water partition coefficient (Wildman–Crippen LogP) is 4.62. The van der Waals surface area contributed by atoms with Crippen molar-refractivity contribution in [3.05, 3.63) is 33.8 Å². The molecule has 0 saturated heterocycles. The molecule has 0 radical (unpaired) electrons. The highest BCUT2D eigenvalue weighted by molar-refractivity contribution is 9.10. The highest BCUT2D eigenvalue weighted by Crippen LogP contribution is 2.26. The number of rotatable bonds is 5. The Bertz CT molecular complexity index is 561. The number of carbonyl (C=O) groups is 1. The largest absolute Gasteiger partial charge is 0.442 e. The van der Waals surface area contributed by atoms with Crippen molar-refractivity contribution in [2.75, 3.05) is 0 Å². The number of hydroxylamine groups is 1. The molecular weight excluding hydrogens is 348 g/mol. The lowest BCUT2D eigenvalue weighted by molar-refractivity contribution is -0.0465. The highest BCUT2D eigenvalue weighted by atomic mass is 79.9. The normalized spacial score (nSPS) is 12.4. The third-order valence-electron chi connectivity index (χ3n) is 2.66. The number of nitrogens with zero attached hydrogens (tertiary/aromatic N) is 1. The van der Waals surface area contributed by atoms with E-state index in [9.17, 15) is 4.79 Å². The number of ether oxygens (including phenoxy) is 1. The Morgan fingerprint density at radius 3 is 2.64 bits per heavy atom. The minimum absolute atomic E-state index is 0.345. The Balaban J connectivity index is 2.80. The van der Waals surface area contributed by atoms with Crippen LogP contribution in [0.5, 0.6) is 0 Å². The number of halogens is 1. The quantitative estimate of drug-likeness (QED) is 0.769. The maximum Gasteiger partial charge on any atom is 0.431 e. The van der Waals surface area contributed by atoms with Crippen LogP contribution in [0.15, 0.2) is 22.7 Å². The van der Waals surface area contributed by atoms with E-state index in [2.05, 4.69) is 27.5 Å². The van der Waals surface area contributed by atoms with Crippen molar-refractivity contribution in [3.8, 4) is 6.07 Å². The molecule has 0 fully saturated rings. The molecule has 1 amide bonds. The number of amides is 1. The van der Waals surface area contributed by atoms with Crippen molar-refractivity contribution in [1.29, 1.82) is 5.26 Å². The molecule has 1 unspecified atom stereocenters. The van der Waals surface area contributed by atoms with Crippen LogP contribution in [0.4, 0.5) is 4.79 Å². The van der Waals surface area contributed by atoms with E-state index in [4.69, 9.17) is 14.8 Å². The van der Waals surface area contributed by atoms with Gasteiger partial charge in [0.25, 0.3) is 0 Å². The van der Waals surface area contributed by atoms with E-state index in [0.29, 0.717) is 12.0 Å². The Hall–Kier alpha value is -1.58. The Labute approximate surface area is 139 Å². The molecule has 1 N–H and O–H groups in total. The average molecular weight is 369 g/mol. The number of nitrogens with one attached hydrogen (secondary N) is 1. The van der Waals surface area contributed by atoms with Crippen molar-refractivity contribution in [1.82, 2.24) is 5.48 Å². The van der Waals surface area contributed by atoms with Crippen LogP contribution < -0.4 is 5.48 Å². The first-order chi connectivity index (χ1) is 10.2. The van der Waals surface area contributed by atoms with Crippen LogP contribution in [-0.4, -0.2) is 11.7 Å². The van der Waals surface area contributed by atoms with Crippen LogP contribution in [0.3, 0.4) is 0 Å². The lowest BCUT2D eigenvalue weighted by Gasteiger charge is -2.22. The van der Waals surface area contributed by atoms with Gasteiger partial charge in [0.05, 0.1) is 11.6 Å². The van der Waals surface area contributed by atoms with E-state index >= 15 is 0 Å². The van der Waals surface area contributed by atoms with Gasteiger partial charge in [-0.3, -0.25) is 4.84 Å². The SMILES string of the molecule is CCCC(ONC(=O)OC(C)(C)C)c1cc(Br)cc(C#N)c1. The zero-order chi connectivity index (χ0) is 16.8. The molecule has 0 aromatic heterocycles. The molecule has 1 atom stereocenters. The summed E-state index contributed by atoms with van der Waals surface area (Å²) in [7, 11) is 0.